The molecule has 0 radical (unpaired) electrons. The summed E-state index contributed by atoms with van der Waals surface area (Å²) in [5.41, 5.74) is 4.04. The van der Waals surface area contributed by atoms with E-state index in [0.29, 0.717) is 49.0 Å². The molecule has 1 aromatic carbocycles. The lowest BCUT2D eigenvalue weighted by Gasteiger charge is -2.32. The molecule has 0 spiro atoms. The summed E-state index contributed by atoms with van der Waals surface area (Å²) < 4.78 is 52.8. The number of rotatable bonds is 11. The second-order valence-corrected chi connectivity index (χ2v) is 12.1. The number of hydrogen-bond acceptors (Lipinski definition) is 8. The predicted octanol–water partition coefficient (Wildman–Crippen LogP) is 6.31. The van der Waals surface area contributed by atoms with Crippen molar-refractivity contribution in [2.24, 2.45) is 5.92 Å². The maximum absolute atomic E-state index is 14.8. The number of fused-ring (bicyclic) bond motifs is 1. The Kier molecular flexibility index (Phi) is 10.5. The molecule has 1 amide bonds. The molecule has 1 aliphatic rings. The van der Waals surface area contributed by atoms with Gasteiger partial charge in [0.15, 0.2) is 0 Å². The second kappa shape index (κ2) is 14.5. The summed E-state index contributed by atoms with van der Waals surface area (Å²) in [5.74, 6) is 0.112. The zero-order chi connectivity index (χ0) is 32.0. The first-order valence-electron chi connectivity index (χ1n) is 14.8. The Bertz CT molecular complexity index is 1610. The Morgan fingerprint density at radius 3 is 2.58 bits per heavy atom. The summed E-state index contributed by atoms with van der Waals surface area (Å²) in [4.78, 5) is 31.6. The lowest BCUT2D eigenvalue weighted by Crippen LogP contribution is -2.40. The largest absolute Gasteiger partial charge is 0.401 e. The number of hydrogen-bond donors (Lipinski definition) is 2. The molecule has 0 aliphatic carbocycles. The molecule has 13 heteroatoms. The van der Waals surface area contributed by atoms with Crippen LogP contribution in [0, 0.1) is 11.7 Å². The molecule has 8 nitrogen and oxygen atoms in total. The highest BCUT2D eigenvalue weighted by Crippen LogP contribution is 2.36. The van der Waals surface area contributed by atoms with Gasteiger partial charge in [-0.1, -0.05) is 6.07 Å². The number of aromatic nitrogens is 4. The highest BCUT2D eigenvalue weighted by molar-refractivity contribution is 7.98. The van der Waals surface area contributed by atoms with Crippen LogP contribution in [-0.4, -0.2) is 76.4 Å². The van der Waals surface area contributed by atoms with E-state index in [0.717, 1.165) is 36.1 Å². The summed E-state index contributed by atoms with van der Waals surface area (Å²) >= 11 is 1.62. The fourth-order valence-electron chi connectivity index (χ4n) is 5.77. The zero-order valence-corrected chi connectivity index (χ0v) is 25.9. The van der Waals surface area contributed by atoms with Crippen LogP contribution in [0.3, 0.4) is 0 Å². The van der Waals surface area contributed by atoms with Gasteiger partial charge in [-0.2, -0.15) is 24.9 Å². The quantitative estimate of drug-likeness (QED) is 0.184. The maximum Gasteiger partial charge on any atom is 0.401 e. The average molecular weight is 642 g/mol. The molecule has 2 N–H and O–H groups in total. The van der Waals surface area contributed by atoms with E-state index < -0.39 is 18.5 Å². The van der Waals surface area contributed by atoms with E-state index in [1.807, 2.05) is 24.5 Å². The molecule has 1 aliphatic heterocycles. The van der Waals surface area contributed by atoms with Crippen molar-refractivity contribution in [3.63, 3.8) is 0 Å². The predicted molar refractivity (Wildman–Crippen MR) is 169 cm³/mol. The summed E-state index contributed by atoms with van der Waals surface area (Å²) in [7, 11) is 1.51. The topological polar surface area (TPSA) is 95.9 Å². The van der Waals surface area contributed by atoms with Crippen molar-refractivity contribution in [3.8, 4) is 11.3 Å². The van der Waals surface area contributed by atoms with Crippen LogP contribution in [0.2, 0.25) is 0 Å². The van der Waals surface area contributed by atoms with Gasteiger partial charge in [-0.15, -0.1) is 0 Å². The number of nitrogens with one attached hydrogen (secondary N) is 2. The Morgan fingerprint density at radius 1 is 1.09 bits per heavy atom. The summed E-state index contributed by atoms with van der Waals surface area (Å²) in [6, 6.07) is 10.4. The first-order valence-corrected chi connectivity index (χ1v) is 16.1. The van der Waals surface area contributed by atoms with E-state index in [1.54, 1.807) is 24.0 Å². The molecule has 4 heterocycles. The van der Waals surface area contributed by atoms with Gasteiger partial charge >= 0.3 is 6.18 Å². The molecule has 4 aromatic rings. The highest BCUT2D eigenvalue weighted by Gasteiger charge is 2.32. The minimum Gasteiger partial charge on any atom is -0.370 e. The van der Waals surface area contributed by atoms with Crippen molar-refractivity contribution in [1.82, 2.24) is 30.2 Å². The first-order chi connectivity index (χ1) is 21.6. The van der Waals surface area contributed by atoms with E-state index in [1.165, 1.54) is 36.6 Å². The van der Waals surface area contributed by atoms with E-state index in [4.69, 9.17) is 0 Å². The number of amides is 1. The van der Waals surface area contributed by atoms with Crippen molar-refractivity contribution >= 4 is 34.4 Å². The third-order valence-electron chi connectivity index (χ3n) is 8.08. The first kappa shape index (κ1) is 32.6. The SMILES string of the molecule is CNC(=O)c1ccnc2c(C(CCNc3cc(-c4ccc(CC5CCN(CC(F)(F)F)CC5)nc4)ncn3)SC)ccc(F)c12. The molecule has 0 bridgehead atoms. The Morgan fingerprint density at radius 2 is 1.89 bits per heavy atom. The average Bonchev–Trinajstić information content (AvgIpc) is 3.04. The standard InChI is InChI=1S/C32H35F4N7OS/c1-37-31(44)24-7-11-39-30-23(5-6-25(33)29(24)30)27(45-2)8-12-38-28-16-26(41-19-42-28)21-3-4-22(40-17-21)15-20-9-13-43(14-10-20)18-32(34,35)36/h3-7,11,16-17,19-20,27H,8-10,12-15,18H2,1-2H3,(H,37,44)(H,38,41,42). The van der Waals surface area contributed by atoms with E-state index in [2.05, 4.69) is 30.6 Å². The van der Waals surface area contributed by atoms with Crippen LogP contribution in [0.5, 0.6) is 0 Å². The van der Waals surface area contributed by atoms with E-state index in [9.17, 15) is 22.4 Å². The van der Waals surface area contributed by atoms with E-state index >= 15 is 0 Å². The number of carbonyl (C=O) groups excluding carboxylic acids is 1. The lowest BCUT2D eigenvalue weighted by atomic mass is 9.92. The second-order valence-electron chi connectivity index (χ2n) is 11.1. The molecular formula is C32H35F4N7OS. The van der Waals surface area contributed by atoms with Crippen LogP contribution < -0.4 is 10.6 Å². The number of piperidine rings is 1. The van der Waals surface area contributed by atoms with Crippen molar-refractivity contribution in [1.29, 1.82) is 0 Å². The molecule has 0 saturated carbocycles. The van der Waals surface area contributed by atoms with Crippen LogP contribution in [0.15, 0.2) is 55.1 Å². The van der Waals surface area contributed by atoms with Gasteiger partial charge in [0.2, 0.25) is 0 Å². The fourth-order valence-corrected chi connectivity index (χ4v) is 6.57. The molecule has 238 valence electrons. The highest BCUT2D eigenvalue weighted by atomic mass is 32.2. The van der Waals surface area contributed by atoms with Gasteiger partial charge in [-0.25, -0.2) is 14.4 Å². The molecular weight excluding hydrogens is 606 g/mol. The van der Waals surface area contributed by atoms with Crippen molar-refractivity contribution in [2.75, 3.05) is 44.8 Å². The lowest BCUT2D eigenvalue weighted by molar-refractivity contribution is -0.148. The smallest absolute Gasteiger partial charge is 0.370 e. The third kappa shape index (κ3) is 8.26. The number of anilines is 1. The maximum atomic E-state index is 14.8. The molecule has 1 saturated heterocycles. The van der Waals surface area contributed by atoms with Gasteiger partial charge < -0.3 is 10.6 Å². The Balaban J connectivity index is 1.19. The minimum absolute atomic E-state index is 0.0111. The number of nitrogens with zero attached hydrogens (tertiary/aromatic N) is 5. The number of thioether (sulfide) groups is 1. The van der Waals surface area contributed by atoms with Gasteiger partial charge in [0.25, 0.3) is 5.91 Å². The van der Waals surface area contributed by atoms with Crippen LogP contribution in [0.1, 0.15) is 46.1 Å². The van der Waals surface area contributed by atoms with Crippen molar-refractivity contribution in [2.45, 2.75) is 37.1 Å². The number of pyridine rings is 2. The Labute approximate surface area is 263 Å². The number of likely N-dealkylation sites (tertiary alicyclic amines) is 1. The molecule has 1 fully saturated rings. The van der Waals surface area contributed by atoms with Crippen LogP contribution in [-0.2, 0) is 6.42 Å². The summed E-state index contributed by atoms with van der Waals surface area (Å²) in [6.07, 6.45) is 5.49. The Hall–Kier alpha value is -3.84. The van der Waals surface area contributed by atoms with Gasteiger partial charge in [-0.3, -0.25) is 19.7 Å². The molecule has 45 heavy (non-hydrogen) atoms. The number of alkyl halides is 3. The third-order valence-corrected chi connectivity index (χ3v) is 9.14. The van der Waals surface area contributed by atoms with Crippen LogP contribution in [0.25, 0.3) is 22.2 Å². The summed E-state index contributed by atoms with van der Waals surface area (Å²) in [5, 5.41) is 6.12. The minimum atomic E-state index is -4.16. The number of halogens is 4. The normalized spacial score (nSPS) is 15.2. The molecule has 1 unspecified atom stereocenters. The van der Waals surface area contributed by atoms with Gasteiger partial charge in [-0.05, 0) is 80.8 Å². The van der Waals surface area contributed by atoms with Crippen LogP contribution in [0.4, 0.5) is 23.4 Å². The van der Waals surface area contributed by atoms with Gasteiger partial charge in [0.05, 0.1) is 23.3 Å². The monoisotopic (exact) mass is 641 g/mol. The van der Waals surface area contributed by atoms with Crippen molar-refractivity contribution in [3.05, 3.63) is 77.8 Å². The summed E-state index contributed by atoms with van der Waals surface area (Å²) in [6.45, 7) is 0.638. The molecule has 3 aromatic heterocycles. The van der Waals surface area contributed by atoms with E-state index in [-0.39, 0.29) is 22.1 Å². The molecule has 1 atom stereocenters. The van der Waals surface area contributed by atoms with Crippen LogP contribution >= 0.6 is 11.8 Å². The number of carbonyl (C=O) groups is 1. The van der Waals surface area contributed by atoms with Crippen molar-refractivity contribution < 1.29 is 22.4 Å². The van der Waals surface area contributed by atoms with Gasteiger partial charge in [0, 0.05) is 53.9 Å². The zero-order valence-electron chi connectivity index (χ0n) is 25.1. The molecule has 5 rings (SSSR count). The number of benzene rings is 1. The fraction of sp³-hybridized carbons (Fsp3) is 0.406. The van der Waals surface area contributed by atoms with Gasteiger partial charge in [0.1, 0.15) is 18.0 Å².